The average molecular weight is 293 g/mol. The zero-order chi connectivity index (χ0) is 14.6. The van der Waals surface area contributed by atoms with Gasteiger partial charge in [0.2, 0.25) is 0 Å². The number of nitrogens with zero attached hydrogens (tertiary/aromatic N) is 2. The lowest BCUT2D eigenvalue weighted by Crippen LogP contribution is -2.37. The van der Waals surface area contributed by atoms with Gasteiger partial charge >= 0.3 is 6.18 Å². The highest BCUT2D eigenvalue weighted by molar-refractivity contribution is 7.99. The van der Waals surface area contributed by atoms with Gasteiger partial charge < -0.3 is 10.9 Å². The lowest BCUT2D eigenvalue weighted by molar-refractivity contribution is -0.150. The Kier molecular flexibility index (Phi) is 5.04. The van der Waals surface area contributed by atoms with Gasteiger partial charge in [-0.2, -0.15) is 13.2 Å². The Morgan fingerprint density at radius 3 is 2.58 bits per heavy atom. The van der Waals surface area contributed by atoms with Crippen molar-refractivity contribution < 1.29 is 18.4 Å². The molecule has 0 amide bonds. The lowest BCUT2D eigenvalue weighted by atomic mass is 10.1. The number of pyridine rings is 1. The summed E-state index contributed by atoms with van der Waals surface area (Å²) < 4.78 is 38.1. The van der Waals surface area contributed by atoms with Gasteiger partial charge in [-0.15, -0.1) is 11.8 Å². The van der Waals surface area contributed by atoms with Crippen molar-refractivity contribution in [3.05, 3.63) is 23.4 Å². The predicted octanol–water partition coefficient (Wildman–Crippen LogP) is 2.72. The molecule has 1 heterocycles. The van der Waals surface area contributed by atoms with Crippen LogP contribution < -0.4 is 5.73 Å². The van der Waals surface area contributed by atoms with Gasteiger partial charge in [0.15, 0.2) is 5.84 Å². The number of nitrogens with two attached hydrogens (primary N) is 1. The van der Waals surface area contributed by atoms with Crippen molar-refractivity contribution in [1.82, 2.24) is 4.98 Å². The highest BCUT2D eigenvalue weighted by atomic mass is 32.2. The number of thioether (sulfide) groups is 1. The van der Waals surface area contributed by atoms with E-state index in [0.717, 1.165) is 23.0 Å². The summed E-state index contributed by atoms with van der Waals surface area (Å²) >= 11 is 0.924. The summed E-state index contributed by atoms with van der Waals surface area (Å²) in [6.07, 6.45) is -4.55. The van der Waals surface area contributed by atoms with E-state index in [1.54, 1.807) is 13.0 Å². The van der Waals surface area contributed by atoms with Gasteiger partial charge in [0.25, 0.3) is 0 Å². The molecule has 1 aromatic rings. The second kappa shape index (κ2) is 6.14. The molecule has 0 bridgehead atoms. The Balaban J connectivity index is 2.82. The monoisotopic (exact) mass is 293 g/mol. The Morgan fingerprint density at radius 2 is 2.11 bits per heavy atom. The fraction of sp³-hybridized carbons (Fsp3) is 0.455. The quantitative estimate of drug-likeness (QED) is 0.294. The van der Waals surface area contributed by atoms with Crippen molar-refractivity contribution in [2.24, 2.45) is 16.8 Å². The number of rotatable bonds is 4. The summed E-state index contributed by atoms with van der Waals surface area (Å²) in [6, 6.07) is 3.52. The van der Waals surface area contributed by atoms with Crippen LogP contribution in [0.2, 0.25) is 0 Å². The molecule has 3 N–H and O–H groups in total. The molecule has 0 aromatic carbocycles. The van der Waals surface area contributed by atoms with Crippen molar-refractivity contribution in [3.63, 3.8) is 0 Å². The Hall–Kier alpha value is -1.44. The number of hydrogen-bond acceptors (Lipinski definition) is 4. The molecule has 0 aliphatic carbocycles. The standard InChI is InChI=1S/C11H14F3N3OS/c1-6-3-7(2)16-9(4-6)19-5-8(10(15)17-18)11(12,13)14/h3-4,8,18H,5H2,1-2H3,(H2,15,17). The first-order valence-electron chi connectivity index (χ1n) is 5.36. The Morgan fingerprint density at radius 1 is 1.47 bits per heavy atom. The van der Waals surface area contributed by atoms with Gasteiger partial charge in [-0.3, -0.25) is 0 Å². The molecule has 4 nitrogen and oxygen atoms in total. The van der Waals surface area contributed by atoms with E-state index in [-0.39, 0.29) is 5.75 Å². The van der Waals surface area contributed by atoms with Crippen molar-refractivity contribution in [2.75, 3.05) is 5.75 Å². The molecule has 1 unspecified atom stereocenters. The molecular weight excluding hydrogens is 279 g/mol. The van der Waals surface area contributed by atoms with Crippen LogP contribution in [-0.2, 0) is 0 Å². The SMILES string of the molecule is Cc1cc(C)nc(SCC(/C(N)=N/O)C(F)(F)F)c1. The zero-order valence-electron chi connectivity index (χ0n) is 10.4. The molecular formula is C11H14F3N3OS. The van der Waals surface area contributed by atoms with E-state index in [2.05, 4.69) is 10.1 Å². The summed E-state index contributed by atoms with van der Waals surface area (Å²) in [5.74, 6) is -3.22. The van der Waals surface area contributed by atoms with Crippen LogP contribution in [-0.4, -0.2) is 28.0 Å². The van der Waals surface area contributed by atoms with E-state index in [1.165, 1.54) is 0 Å². The van der Waals surface area contributed by atoms with Crippen molar-refractivity contribution >= 4 is 17.6 Å². The van der Waals surface area contributed by atoms with Crippen molar-refractivity contribution in [2.45, 2.75) is 25.0 Å². The minimum absolute atomic E-state index is 0.380. The number of amidine groups is 1. The van der Waals surface area contributed by atoms with Crippen molar-refractivity contribution in [3.8, 4) is 0 Å². The molecule has 0 spiro atoms. The van der Waals surface area contributed by atoms with Crippen LogP contribution in [0, 0.1) is 19.8 Å². The molecule has 0 aliphatic rings. The summed E-state index contributed by atoms with van der Waals surface area (Å²) in [7, 11) is 0. The van der Waals surface area contributed by atoms with Gasteiger partial charge in [-0.1, -0.05) is 5.16 Å². The van der Waals surface area contributed by atoms with E-state index >= 15 is 0 Å². The fourth-order valence-electron chi connectivity index (χ4n) is 1.46. The molecule has 1 atom stereocenters. The minimum Gasteiger partial charge on any atom is -0.409 e. The van der Waals surface area contributed by atoms with Gasteiger partial charge in [-0.25, -0.2) is 4.98 Å². The number of aryl methyl sites for hydroxylation is 2. The number of aromatic nitrogens is 1. The van der Waals surface area contributed by atoms with Crippen LogP contribution in [0.5, 0.6) is 0 Å². The van der Waals surface area contributed by atoms with E-state index in [1.807, 2.05) is 13.0 Å². The summed E-state index contributed by atoms with van der Waals surface area (Å²) in [6.45, 7) is 3.60. The molecule has 1 rings (SSSR count). The van der Waals surface area contributed by atoms with Crippen LogP contribution in [0.15, 0.2) is 22.3 Å². The second-order valence-electron chi connectivity index (χ2n) is 4.05. The Labute approximate surface area is 112 Å². The molecule has 8 heteroatoms. The zero-order valence-corrected chi connectivity index (χ0v) is 11.2. The summed E-state index contributed by atoms with van der Waals surface area (Å²) in [5, 5.41) is 11.3. The molecule has 0 radical (unpaired) electrons. The number of hydrogen-bond donors (Lipinski definition) is 2. The van der Waals surface area contributed by atoms with Gasteiger partial charge in [0.05, 0.1) is 5.03 Å². The van der Waals surface area contributed by atoms with E-state index in [9.17, 15) is 13.2 Å². The first-order valence-corrected chi connectivity index (χ1v) is 6.35. The molecule has 0 saturated heterocycles. The number of oxime groups is 1. The van der Waals surface area contributed by atoms with Crippen LogP contribution in [0.1, 0.15) is 11.3 Å². The topological polar surface area (TPSA) is 71.5 Å². The summed E-state index contributed by atoms with van der Waals surface area (Å²) in [5.41, 5.74) is 6.72. The fourth-order valence-corrected chi connectivity index (χ4v) is 2.64. The van der Waals surface area contributed by atoms with Crippen LogP contribution in [0.4, 0.5) is 13.2 Å². The van der Waals surface area contributed by atoms with Crippen molar-refractivity contribution in [1.29, 1.82) is 0 Å². The highest BCUT2D eigenvalue weighted by Crippen LogP contribution is 2.31. The molecule has 106 valence electrons. The third-order valence-electron chi connectivity index (χ3n) is 2.34. The molecule has 0 fully saturated rings. The third-order valence-corrected chi connectivity index (χ3v) is 3.34. The smallest absolute Gasteiger partial charge is 0.399 e. The van der Waals surface area contributed by atoms with E-state index in [0.29, 0.717) is 5.03 Å². The van der Waals surface area contributed by atoms with Crippen LogP contribution in [0.25, 0.3) is 0 Å². The maximum Gasteiger partial charge on any atom is 0.399 e. The normalized spacial score (nSPS) is 14.5. The first-order chi connectivity index (χ1) is 8.74. The largest absolute Gasteiger partial charge is 0.409 e. The van der Waals surface area contributed by atoms with Gasteiger partial charge in [-0.05, 0) is 31.5 Å². The second-order valence-corrected chi connectivity index (χ2v) is 5.09. The number of alkyl halides is 3. The predicted molar refractivity (Wildman–Crippen MR) is 67.4 cm³/mol. The van der Waals surface area contributed by atoms with E-state index in [4.69, 9.17) is 10.9 Å². The van der Waals surface area contributed by atoms with E-state index < -0.39 is 17.9 Å². The van der Waals surface area contributed by atoms with Crippen LogP contribution in [0.3, 0.4) is 0 Å². The minimum atomic E-state index is -4.55. The molecule has 19 heavy (non-hydrogen) atoms. The maximum atomic E-state index is 12.7. The Bertz CT molecular complexity index is 456. The van der Waals surface area contributed by atoms with Crippen LogP contribution >= 0.6 is 11.8 Å². The lowest BCUT2D eigenvalue weighted by Gasteiger charge is -2.18. The first kappa shape index (κ1) is 15.6. The highest BCUT2D eigenvalue weighted by Gasteiger charge is 2.42. The molecule has 0 saturated carbocycles. The number of halogens is 3. The third kappa shape index (κ3) is 4.62. The molecule has 0 aliphatic heterocycles. The summed E-state index contributed by atoms with van der Waals surface area (Å²) in [4.78, 5) is 4.13. The van der Waals surface area contributed by atoms with Gasteiger partial charge in [0.1, 0.15) is 5.92 Å². The van der Waals surface area contributed by atoms with Gasteiger partial charge in [0, 0.05) is 11.4 Å². The molecule has 1 aromatic heterocycles. The average Bonchev–Trinajstić information content (AvgIpc) is 2.25. The maximum absolute atomic E-state index is 12.7.